The summed E-state index contributed by atoms with van der Waals surface area (Å²) in [4.78, 5) is 11.0. The van der Waals surface area contributed by atoms with Crippen molar-refractivity contribution in [2.24, 2.45) is 10.8 Å². The number of carbonyl (C=O) groups is 1. The van der Waals surface area contributed by atoms with Crippen LogP contribution in [0.3, 0.4) is 0 Å². The van der Waals surface area contributed by atoms with Crippen LogP contribution in [-0.4, -0.2) is 38.4 Å². The van der Waals surface area contributed by atoms with Crippen LogP contribution in [-0.2, 0) is 14.3 Å². The van der Waals surface area contributed by atoms with Crippen molar-refractivity contribution in [1.82, 2.24) is 5.32 Å². The minimum atomic E-state index is -0.292. The molecule has 17 heavy (non-hydrogen) atoms. The zero-order chi connectivity index (χ0) is 13.1. The summed E-state index contributed by atoms with van der Waals surface area (Å²) < 4.78 is 9.99. The van der Waals surface area contributed by atoms with Gasteiger partial charge in [-0.2, -0.15) is 0 Å². The fraction of sp³-hybridized carbons (Fsp3) is 0.923. The molecule has 4 heteroatoms. The van der Waals surface area contributed by atoms with E-state index in [1.54, 1.807) is 6.92 Å². The van der Waals surface area contributed by atoms with Gasteiger partial charge in [0, 0.05) is 12.6 Å². The van der Waals surface area contributed by atoms with E-state index in [0.717, 1.165) is 6.54 Å². The van der Waals surface area contributed by atoms with Gasteiger partial charge in [-0.1, -0.05) is 27.7 Å². The van der Waals surface area contributed by atoms with Crippen LogP contribution in [0.1, 0.15) is 34.6 Å². The summed E-state index contributed by atoms with van der Waals surface area (Å²) in [5.74, 6) is -0.292. The van der Waals surface area contributed by atoms with Gasteiger partial charge in [0.25, 0.3) is 0 Å². The Morgan fingerprint density at radius 2 is 1.82 bits per heavy atom. The first-order valence-electron chi connectivity index (χ1n) is 6.30. The van der Waals surface area contributed by atoms with Gasteiger partial charge in [0.1, 0.15) is 6.61 Å². The highest BCUT2D eigenvalue weighted by Crippen LogP contribution is 2.62. The van der Waals surface area contributed by atoms with Gasteiger partial charge in [0.05, 0.1) is 13.2 Å². The Bertz CT molecular complexity index is 260. The monoisotopic (exact) mass is 243 g/mol. The number of hydrogen-bond donors (Lipinski definition) is 1. The SMILES string of the molecule is CCOC(=O)COCCNC1C(C)(C)C1(C)C. The van der Waals surface area contributed by atoms with Gasteiger partial charge in [0.15, 0.2) is 0 Å². The van der Waals surface area contributed by atoms with Crippen LogP contribution < -0.4 is 5.32 Å². The van der Waals surface area contributed by atoms with Crippen molar-refractivity contribution < 1.29 is 14.3 Å². The molecule has 1 N–H and O–H groups in total. The molecule has 1 aliphatic carbocycles. The zero-order valence-electron chi connectivity index (χ0n) is 11.6. The molecule has 4 nitrogen and oxygen atoms in total. The lowest BCUT2D eigenvalue weighted by atomic mass is 10.0. The molecular formula is C13H25NO3. The van der Waals surface area contributed by atoms with Crippen molar-refractivity contribution in [2.45, 2.75) is 40.7 Å². The van der Waals surface area contributed by atoms with E-state index in [-0.39, 0.29) is 12.6 Å². The Balaban J connectivity index is 2.05. The highest BCUT2D eigenvalue weighted by atomic mass is 16.6. The van der Waals surface area contributed by atoms with Gasteiger partial charge in [-0.05, 0) is 17.8 Å². The molecule has 0 bridgehead atoms. The van der Waals surface area contributed by atoms with Crippen LogP contribution in [0.25, 0.3) is 0 Å². The van der Waals surface area contributed by atoms with Crippen molar-refractivity contribution in [3.63, 3.8) is 0 Å². The molecule has 100 valence electrons. The number of ether oxygens (including phenoxy) is 2. The lowest BCUT2D eigenvalue weighted by Crippen LogP contribution is -2.27. The van der Waals surface area contributed by atoms with Gasteiger partial charge >= 0.3 is 5.97 Å². The average Bonchev–Trinajstić information content (AvgIpc) is 2.60. The number of nitrogens with one attached hydrogen (secondary N) is 1. The lowest BCUT2D eigenvalue weighted by Gasteiger charge is -2.07. The van der Waals surface area contributed by atoms with E-state index in [1.807, 2.05) is 0 Å². The van der Waals surface area contributed by atoms with E-state index in [9.17, 15) is 4.79 Å². The van der Waals surface area contributed by atoms with E-state index in [4.69, 9.17) is 9.47 Å². The Hall–Kier alpha value is -0.610. The zero-order valence-corrected chi connectivity index (χ0v) is 11.6. The largest absolute Gasteiger partial charge is 0.464 e. The lowest BCUT2D eigenvalue weighted by molar-refractivity contribution is -0.148. The molecule has 1 rings (SSSR count). The summed E-state index contributed by atoms with van der Waals surface area (Å²) >= 11 is 0. The Kier molecular flexibility index (Phi) is 4.55. The maximum atomic E-state index is 11.0. The molecule has 0 aromatic rings. The molecule has 1 saturated carbocycles. The summed E-state index contributed by atoms with van der Waals surface area (Å²) in [6.45, 7) is 12.6. The molecule has 1 aliphatic rings. The highest BCUT2D eigenvalue weighted by molar-refractivity contribution is 5.70. The summed E-state index contributed by atoms with van der Waals surface area (Å²) in [7, 11) is 0. The fourth-order valence-corrected chi connectivity index (χ4v) is 2.34. The van der Waals surface area contributed by atoms with Crippen LogP contribution in [0.5, 0.6) is 0 Å². The number of rotatable bonds is 7. The van der Waals surface area contributed by atoms with Crippen LogP contribution >= 0.6 is 0 Å². The summed E-state index contributed by atoms with van der Waals surface area (Å²) in [5, 5.41) is 3.47. The molecule has 0 saturated heterocycles. The van der Waals surface area contributed by atoms with E-state index in [2.05, 4.69) is 33.0 Å². The number of hydrogen-bond acceptors (Lipinski definition) is 4. The van der Waals surface area contributed by atoms with Crippen LogP contribution in [0, 0.1) is 10.8 Å². The summed E-state index contributed by atoms with van der Waals surface area (Å²) in [6.07, 6.45) is 0. The predicted octanol–water partition coefficient (Wildman–Crippen LogP) is 1.59. The maximum absolute atomic E-state index is 11.0. The van der Waals surface area contributed by atoms with E-state index in [0.29, 0.717) is 30.1 Å². The molecular weight excluding hydrogens is 218 g/mol. The van der Waals surface area contributed by atoms with E-state index in [1.165, 1.54) is 0 Å². The molecule has 0 radical (unpaired) electrons. The molecule has 0 aliphatic heterocycles. The van der Waals surface area contributed by atoms with Gasteiger partial charge < -0.3 is 14.8 Å². The third-order valence-electron chi connectivity index (χ3n) is 4.14. The molecule has 0 unspecified atom stereocenters. The fourth-order valence-electron chi connectivity index (χ4n) is 2.34. The predicted molar refractivity (Wildman–Crippen MR) is 66.8 cm³/mol. The van der Waals surface area contributed by atoms with Crippen LogP contribution in [0.4, 0.5) is 0 Å². The van der Waals surface area contributed by atoms with Crippen LogP contribution in [0.15, 0.2) is 0 Å². The maximum Gasteiger partial charge on any atom is 0.332 e. The number of esters is 1. The van der Waals surface area contributed by atoms with E-state index < -0.39 is 0 Å². The molecule has 0 atom stereocenters. The van der Waals surface area contributed by atoms with Crippen molar-refractivity contribution in [2.75, 3.05) is 26.4 Å². The average molecular weight is 243 g/mol. The minimum Gasteiger partial charge on any atom is -0.464 e. The molecule has 0 spiro atoms. The molecule has 0 amide bonds. The van der Waals surface area contributed by atoms with Gasteiger partial charge in [0.2, 0.25) is 0 Å². The molecule has 0 aromatic heterocycles. The number of carbonyl (C=O) groups excluding carboxylic acids is 1. The van der Waals surface area contributed by atoms with E-state index >= 15 is 0 Å². The second kappa shape index (κ2) is 5.36. The Morgan fingerprint density at radius 3 is 2.29 bits per heavy atom. The second-order valence-corrected chi connectivity index (χ2v) is 5.69. The first kappa shape index (κ1) is 14.5. The Labute approximate surface area is 104 Å². The topological polar surface area (TPSA) is 47.6 Å². The first-order chi connectivity index (χ1) is 7.84. The first-order valence-corrected chi connectivity index (χ1v) is 6.30. The summed E-state index contributed by atoms with van der Waals surface area (Å²) in [5.41, 5.74) is 0.683. The van der Waals surface area contributed by atoms with Crippen LogP contribution in [0.2, 0.25) is 0 Å². The molecule has 0 heterocycles. The normalized spacial score (nSPS) is 21.2. The van der Waals surface area contributed by atoms with Crippen molar-refractivity contribution >= 4 is 5.97 Å². The third kappa shape index (κ3) is 3.19. The third-order valence-corrected chi connectivity index (χ3v) is 4.14. The molecule has 1 fully saturated rings. The molecule has 0 aromatic carbocycles. The van der Waals surface area contributed by atoms with Gasteiger partial charge in [-0.15, -0.1) is 0 Å². The Morgan fingerprint density at radius 1 is 1.24 bits per heavy atom. The van der Waals surface area contributed by atoms with Gasteiger partial charge in [-0.3, -0.25) is 0 Å². The standard InChI is InChI=1S/C13H25NO3/c1-6-17-10(15)9-16-8-7-14-11-12(2,3)13(11,4)5/h11,14H,6-9H2,1-5H3. The highest BCUT2D eigenvalue weighted by Gasteiger charge is 2.64. The quantitative estimate of drug-likeness (QED) is 0.545. The minimum absolute atomic E-state index is 0.0486. The smallest absolute Gasteiger partial charge is 0.332 e. The van der Waals surface area contributed by atoms with Crippen molar-refractivity contribution in [1.29, 1.82) is 0 Å². The van der Waals surface area contributed by atoms with Crippen molar-refractivity contribution in [3.8, 4) is 0 Å². The van der Waals surface area contributed by atoms with Crippen molar-refractivity contribution in [3.05, 3.63) is 0 Å². The summed E-state index contributed by atoms with van der Waals surface area (Å²) in [6, 6.07) is 0.529. The van der Waals surface area contributed by atoms with Gasteiger partial charge in [-0.25, -0.2) is 4.79 Å². The second-order valence-electron chi connectivity index (χ2n) is 5.69.